The number of nitrogens with zero attached hydrogens (tertiary/aromatic N) is 1. The van der Waals surface area contributed by atoms with Crippen LogP contribution >= 0.6 is 11.8 Å². The van der Waals surface area contributed by atoms with Crippen molar-refractivity contribution >= 4 is 18.0 Å². The fourth-order valence-electron chi connectivity index (χ4n) is 1.56. The van der Waals surface area contributed by atoms with Gasteiger partial charge in [0.05, 0.1) is 6.10 Å². The van der Waals surface area contributed by atoms with E-state index in [2.05, 4.69) is 4.98 Å². The maximum atomic E-state index is 10.7. The quantitative estimate of drug-likeness (QED) is 0.579. The molecule has 0 N–H and O–H groups in total. The van der Waals surface area contributed by atoms with E-state index in [1.807, 2.05) is 0 Å². The molecule has 3 nitrogen and oxygen atoms in total. The second kappa shape index (κ2) is 5.28. The van der Waals surface area contributed by atoms with Crippen LogP contribution in [0.15, 0.2) is 23.4 Å². The summed E-state index contributed by atoms with van der Waals surface area (Å²) in [6, 6.07) is 3.57. The lowest BCUT2D eigenvalue weighted by atomic mass is 10.3. The molecule has 0 radical (unpaired) electrons. The van der Waals surface area contributed by atoms with Crippen LogP contribution < -0.4 is 0 Å². The summed E-state index contributed by atoms with van der Waals surface area (Å²) in [4.78, 5) is 14.9. The summed E-state index contributed by atoms with van der Waals surface area (Å²) in [7, 11) is 0. The number of pyridine rings is 1. The number of hydrogen-bond acceptors (Lipinski definition) is 4. The van der Waals surface area contributed by atoms with E-state index in [1.54, 1.807) is 30.1 Å². The molecular formula is C11H13NO2S. The Bertz CT molecular complexity index is 337. The highest BCUT2D eigenvalue weighted by atomic mass is 32.2. The second-order valence-corrected chi connectivity index (χ2v) is 4.47. The standard InChI is InChI=1S/C11H13NO2S/c13-7-9-3-1-5-12-11(9)15-8-10-4-2-6-14-10/h1,3,5,7,10H,2,4,6,8H2. The third-order valence-corrected chi connectivity index (χ3v) is 3.51. The van der Waals surface area contributed by atoms with Crippen molar-refractivity contribution in [3.05, 3.63) is 23.9 Å². The van der Waals surface area contributed by atoms with Crippen LogP contribution in [0, 0.1) is 0 Å². The lowest BCUT2D eigenvalue weighted by Gasteiger charge is -2.08. The molecule has 80 valence electrons. The molecule has 15 heavy (non-hydrogen) atoms. The summed E-state index contributed by atoms with van der Waals surface area (Å²) in [6.45, 7) is 0.869. The van der Waals surface area contributed by atoms with Gasteiger partial charge in [-0.15, -0.1) is 11.8 Å². The molecule has 1 aliphatic rings. The molecule has 1 atom stereocenters. The Morgan fingerprint density at radius 3 is 3.33 bits per heavy atom. The van der Waals surface area contributed by atoms with Gasteiger partial charge in [0.1, 0.15) is 5.03 Å². The van der Waals surface area contributed by atoms with Gasteiger partial charge < -0.3 is 4.74 Å². The minimum absolute atomic E-state index is 0.330. The molecule has 0 saturated carbocycles. The number of aromatic nitrogens is 1. The van der Waals surface area contributed by atoms with Gasteiger partial charge in [0.15, 0.2) is 6.29 Å². The highest BCUT2D eigenvalue weighted by Crippen LogP contribution is 2.23. The van der Waals surface area contributed by atoms with E-state index in [0.29, 0.717) is 11.7 Å². The van der Waals surface area contributed by atoms with Crippen molar-refractivity contribution in [2.75, 3.05) is 12.4 Å². The number of thioether (sulfide) groups is 1. The number of ether oxygens (including phenoxy) is 1. The van der Waals surface area contributed by atoms with Crippen LogP contribution in [0.3, 0.4) is 0 Å². The third-order valence-electron chi connectivity index (χ3n) is 2.36. The maximum absolute atomic E-state index is 10.7. The molecule has 1 aliphatic heterocycles. The average Bonchev–Trinajstić information content (AvgIpc) is 2.79. The van der Waals surface area contributed by atoms with Crippen LogP contribution in [-0.2, 0) is 4.74 Å². The van der Waals surface area contributed by atoms with Crippen molar-refractivity contribution in [1.82, 2.24) is 4.98 Å². The molecule has 0 bridgehead atoms. The zero-order chi connectivity index (χ0) is 10.5. The van der Waals surface area contributed by atoms with Crippen LogP contribution in [0.5, 0.6) is 0 Å². The Kier molecular flexibility index (Phi) is 3.75. The lowest BCUT2D eigenvalue weighted by molar-refractivity contribution is 0.112. The summed E-state index contributed by atoms with van der Waals surface area (Å²) in [5.41, 5.74) is 0.667. The summed E-state index contributed by atoms with van der Waals surface area (Å²) >= 11 is 1.60. The van der Waals surface area contributed by atoms with Crippen LogP contribution in [0.4, 0.5) is 0 Å². The van der Waals surface area contributed by atoms with Crippen molar-refractivity contribution in [2.45, 2.75) is 24.0 Å². The summed E-state index contributed by atoms with van der Waals surface area (Å²) in [6.07, 6.45) is 5.16. The molecule has 4 heteroatoms. The number of hydrogen-bond donors (Lipinski definition) is 0. The minimum Gasteiger partial charge on any atom is -0.377 e. The van der Waals surface area contributed by atoms with E-state index in [0.717, 1.165) is 36.5 Å². The Morgan fingerprint density at radius 2 is 2.60 bits per heavy atom. The van der Waals surface area contributed by atoms with Crippen LogP contribution in [0.25, 0.3) is 0 Å². The topological polar surface area (TPSA) is 39.2 Å². The van der Waals surface area contributed by atoms with Gasteiger partial charge in [0.2, 0.25) is 0 Å². The molecule has 0 spiro atoms. The zero-order valence-corrected chi connectivity index (χ0v) is 9.20. The number of carbonyl (C=O) groups excluding carboxylic acids is 1. The Labute approximate surface area is 93.2 Å². The highest BCUT2D eigenvalue weighted by molar-refractivity contribution is 7.99. The van der Waals surface area contributed by atoms with E-state index in [9.17, 15) is 4.79 Å². The van der Waals surface area contributed by atoms with Crippen molar-refractivity contribution in [2.24, 2.45) is 0 Å². The number of rotatable bonds is 4. The number of aldehydes is 1. The zero-order valence-electron chi connectivity index (χ0n) is 8.39. The van der Waals surface area contributed by atoms with Crippen molar-refractivity contribution < 1.29 is 9.53 Å². The molecule has 1 aromatic rings. The van der Waals surface area contributed by atoms with Gasteiger partial charge >= 0.3 is 0 Å². The van der Waals surface area contributed by atoms with E-state index < -0.39 is 0 Å². The fourth-order valence-corrected chi connectivity index (χ4v) is 2.59. The van der Waals surface area contributed by atoms with Gasteiger partial charge in [0.25, 0.3) is 0 Å². The normalized spacial score (nSPS) is 20.4. The SMILES string of the molecule is O=Cc1cccnc1SCC1CCCO1. The molecule has 1 fully saturated rings. The van der Waals surface area contributed by atoms with Crippen LogP contribution in [0.1, 0.15) is 23.2 Å². The Morgan fingerprint density at radius 1 is 1.67 bits per heavy atom. The maximum Gasteiger partial charge on any atom is 0.152 e. The van der Waals surface area contributed by atoms with E-state index >= 15 is 0 Å². The van der Waals surface area contributed by atoms with E-state index in [-0.39, 0.29) is 0 Å². The van der Waals surface area contributed by atoms with Crippen LogP contribution in [-0.4, -0.2) is 29.7 Å². The molecule has 0 amide bonds. The van der Waals surface area contributed by atoms with Crippen molar-refractivity contribution in [3.63, 3.8) is 0 Å². The minimum atomic E-state index is 0.330. The van der Waals surface area contributed by atoms with E-state index in [1.165, 1.54) is 0 Å². The fraction of sp³-hybridized carbons (Fsp3) is 0.455. The molecule has 2 rings (SSSR count). The van der Waals surface area contributed by atoms with Crippen LogP contribution in [0.2, 0.25) is 0 Å². The third kappa shape index (κ3) is 2.79. The van der Waals surface area contributed by atoms with Crippen molar-refractivity contribution in [1.29, 1.82) is 0 Å². The summed E-state index contributed by atoms with van der Waals surface area (Å²) in [5.74, 6) is 0.887. The molecule has 1 unspecified atom stereocenters. The molecule has 1 saturated heterocycles. The van der Waals surface area contributed by atoms with Gasteiger partial charge in [-0.05, 0) is 25.0 Å². The molecular weight excluding hydrogens is 210 g/mol. The predicted octanol–water partition coefficient (Wildman–Crippen LogP) is 2.17. The first-order valence-corrected chi connectivity index (χ1v) is 6.03. The lowest BCUT2D eigenvalue weighted by Crippen LogP contribution is -2.08. The molecule has 2 heterocycles. The largest absolute Gasteiger partial charge is 0.377 e. The van der Waals surface area contributed by atoms with Crippen molar-refractivity contribution in [3.8, 4) is 0 Å². The van der Waals surface area contributed by atoms with E-state index in [4.69, 9.17) is 4.74 Å². The van der Waals surface area contributed by atoms with Gasteiger partial charge in [-0.1, -0.05) is 0 Å². The Hall–Kier alpha value is -0.870. The van der Waals surface area contributed by atoms with Gasteiger partial charge in [-0.3, -0.25) is 4.79 Å². The summed E-state index contributed by atoms with van der Waals surface area (Å²) in [5, 5.41) is 0.808. The Balaban J connectivity index is 1.94. The predicted molar refractivity (Wildman–Crippen MR) is 59.3 cm³/mol. The molecule has 1 aromatic heterocycles. The average molecular weight is 223 g/mol. The summed E-state index contributed by atoms with van der Waals surface area (Å²) < 4.78 is 5.51. The molecule has 0 aromatic carbocycles. The number of carbonyl (C=O) groups is 1. The monoisotopic (exact) mass is 223 g/mol. The first-order valence-electron chi connectivity index (χ1n) is 5.05. The molecule has 0 aliphatic carbocycles. The first kappa shape index (κ1) is 10.6. The van der Waals surface area contributed by atoms with Gasteiger partial charge in [-0.2, -0.15) is 0 Å². The van der Waals surface area contributed by atoms with Gasteiger partial charge in [0, 0.05) is 24.1 Å². The highest BCUT2D eigenvalue weighted by Gasteiger charge is 2.16. The second-order valence-electron chi connectivity index (χ2n) is 3.46. The smallest absolute Gasteiger partial charge is 0.152 e. The van der Waals surface area contributed by atoms with Gasteiger partial charge in [-0.25, -0.2) is 4.98 Å². The first-order chi connectivity index (χ1) is 7.40.